The van der Waals surface area contributed by atoms with Crippen molar-refractivity contribution in [2.75, 3.05) is 0 Å². The maximum Gasteiger partial charge on any atom is 0.0434 e. The van der Waals surface area contributed by atoms with Crippen LogP contribution in [0, 0.1) is 19.8 Å². The van der Waals surface area contributed by atoms with E-state index in [-0.39, 0.29) is 0 Å². The van der Waals surface area contributed by atoms with Crippen LogP contribution in [0.1, 0.15) is 59.7 Å². The molecule has 0 aliphatic carbocycles. The molecule has 1 heterocycles. The molecular formula is C14H23BrS. The predicted molar refractivity (Wildman–Crippen MR) is 78.8 cm³/mol. The van der Waals surface area contributed by atoms with E-state index in [0.29, 0.717) is 4.83 Å². The number of rotatable bonds is 6. The third-order valence-corrected chi connectivity index (χ3v) is 5.47. The van der Waals surface area contributed by atoms with Crippen molar-refractivity contribution < 1.29 is 0 Å². The second-order valence-corrected chi connectivity index (χ2v) is 7.03. The lowest BCUT2D eigenvalue weighted by Gasteiger charge is -2.21. The lowest BCUT2D eigenvalue weighted by molar-refractivity contribution is 0.446. The fourth-order valence-electron chi connectivity index (χ4n) is 2.20. The first-order valence-corrected chi connectivity index (χ1v) is 8.04. The predicted octanol–water partition coefficient (Wildman–Crippen LogP) is 6.02. The third kappa shape index (κ3) is 3.59. The molecule has 0 radical (unpaired) electrons. The number of unbranched alkanes of at least 4 members (excludes halogenated alkanes) is 1. The number of halogens is 1. The average Bonchev–Trinajstić information content (AvgIpc) is 2.58. The zero-order valence-electron chi connectivity index (χ0n) is 10.8. The first-order chi connectivity index (χ1) is 7.60. The zero-order valence-corrected chi connectivity index (χ0v) is 13.2. The normalized spacial score (nSPS) is 15.1. The molecule has 0 spiro atoms. The van der Waals surface area contributed by atoms with Gasteiger partial charge >= 0.3 is 0 Å². The third-order valence-electron chi connectivity index (χ3n) is 3.24. The highest BCUT2D eigenvalue weighted by Gasteiger charge is 2.21. The summed E-state index contributed by atoms with van der Waals surface area (Å²) in [5.74, 6) is 0.785. The lowest BCUT2D eigenvalue weighted by atomic mass is 9.92. The summed E-state index contributed by atoms with van der Waals surface area (Å²) >= 11 is 5.83. The van der Waals surface area contributed by atoms with Gasteiger partial charge in [-0.2, -0.15) is 0 Å². The van der Waals surface area contributed by atoms with Crippen molar-refractivity contribution in [3.8, 4) is 0 Å². The topological polar surface area (TPSA) is 0 Å². The lowest BCUT2D eigenvalue weighted by Crippen LogP contribution is -2.07. The standard InChI is InChI=1S/C14H23BrS/c1-5-7-8-12(6-2)14(15)13-9-10(3)16-11(13)4/h9,12,14H,5-8H2,1-4H3. The van der Waals surface area contributed by atoms with Crippen LogP contribution >= 0.6 is 27.3 Å². The molecule has 0 amide bonds. The van der Waals surface area contributed by atoms with Gasteiger partial charge in [0.15, 0.2) is 0 Å². The maximum absolute atomic E-state index is 3.91. The Hall–Kier alpha value is 0.180. The van der Waals surface area contributed by atoms with E-state index >= 15 is 0 Å². The molecule has 0 fully saturated rings. The molecule has 0 bridgehead atoms. The first-order valence-electron chi connectivity index (χ1n) is 6.31. The van der Waals surface area contributed by atoms with E-state index < -0.39 is 0 Å². The van der Waals surface area contributed by atoms with Gasteiger partial charge in [0.25, 0.3) is 0 Å². The Kier molecular flexibility index (Phi) is 6.06. The van der Waals surface area contributed by atoms with Crippen LogP contribution in [-0.4, -0.2) is 0 Å². The van der Waals surface area contributed by atoms with Gasteiger partial charge in [0.2, 0.25) is 0 Å². The Morgan fingerprint density at radius 3 is 2.44 bits per heavy atom. The molecule has 1 rings (SSSR count). The molecule has 92 valence electrons. The van der Waals surface area contributed by atoms with Gasteiger partial charge in [0.1, 0.15) is 0 Å². The van der Waals surface area contributed by atoms with Gasteiger partial charge in [-0.3, -0.25) is 0 Å². The van der Waals surface area contributed by atoms with Crippen LogP contribution in [-0.2, 0) is 0 Å². The first kappa shape index (κ1) is 14.2. The van der Waals surface area contributed by atoms with Gasteiger partial charge in [-0.1, -0.05) is 49.0 Å². The van der Waals surface area contributed by atoms with E-state index in [0.717, 1.165) is 5.92 Å². The fourth-order valence-corrected chi connectivity index (χ4v) is 4.44. The van der Waals surface area contributed by atoms with Gasteiger partial charge < -0.3 is 0 Å². The quantitative estimate of drug-likeness (QED) is 0.564. The number of aryl methyl sites for hydroxylation is 2. The summed E-state index contributed by atoms with van der Waals surface area (Å²) in [4.78, 5) is 3.46. The molecule has 0 aromatic carbocycles. The van der Waals surface area contributed by atoms with Crippen LogP contribution in [0.5, 0.6) is 0 Å². The Labute approximate surface area is 113 Å². The molecule has 2 unspecified atom stereocenters. The van der Waals surface area contributed by atoms with Crippen molar-refractivity contribution in [3.05, 3.63) is 21.4 Å². The number of thiophene rings is 1. The van der Waals surface area contributed by atoms with Gasteiger partial charge in [-0.05, 0) is 37.8 Å². The molecule has 0 N–H and O–H groups in total. The van der Waals surface area contributed by atoms with Crippen LogP contribution in [0.15, 0.2) is 6.07 Å². The number of alkyl halides is 1. The monoisotopic (exact) mass is 302 g/mol. The molecule has 0 saturated carbocycles. The Morgan fingerprint density at radius 1 is 1.31 bits per heavy atom. The summed E-state index contributed by atoms with van der Waals surface area (Å²) in [6, 6.07) is 2.36. The summed E-state index contributed by atoms with van der Waals surface area (Å²) in [6.45, 7) is 9.03. The van der Waals surface area contributed by atoms with Crippen molar-refractivity contribution in [2.45, 2.75) is 58.2 Å². The molecule has 16 heavy (non-hydrogen) atoms. The fraction of sp³-hybridized carbons (Fsp3) is 0.714. The van der Waals surface area contributed by atoms with Gasteiger partial charge in [-0.15, -0.1) is 11.3 Å². The highest BCUT2D eigenvalue weighted by molar-refractivity contribution is 9.09. The van der Waals surface area contributed by atoms with Crippen LogP contribution in [0.25, 0.3) is 0 Å². The molecule has 0 aliphatic rings. The largest absolute Gasteiger partial charge is 0.146 e. The minimum atomic E-state index is 0.550. The van der Waals surface area contributed by atoms with Crippen molar-refractivity contribution in [1.29, 1.82) is 0 Å². The van der Waals surface area contributed by atoms with Crippen LogP contribution in [0.2, 0.25) is 0 Å². The molecular weight excluding hydrogens is 280 g/mol. The minimum absolute atomic E-state index is 0.550. The van der Waals surface area contributed by atoms with E-state index in [2.05, 4.69) is 49.7 Å². The average molecular weight is 303 g/mol. The molecule has 0 aliphatic heterocycles. The van der Waals surface area contributed by atoms with E-state index in [1.807, 2.05) is 11.3 Å². The van der Waals surface area contributed by atoms with Crippen molar-refractivity contribution in [1.82, 2.24) is 0 Å². The van der Waals surface area contributed by atoms with Gasteiger partial charge in [0.05, 0.1) is 0 Å². The number of hydrogen-bond acceptors (Lipinski definition) is 1. The second-order valence-electron chi connectivity index (χ2n) is 4.58. The summed E-state index contributed by atoms with van der Waals surface area (Å²) < 4.78 is 0. The summed E-state index contributed by atoms with van der Waals surface area (Å²) in [6.07, 6.45) is 5.27. The van der Waals surface area contributed by atoms with Crippen molar-refractivity contribution in [2.24, 2.45) is 5.92 Å². The maximum atomic E-state index is 3.91. The zero-order chi connectivity index (χ0) is 12.1. The molecule has 2 heteroatoms. The summed E-state index contributed by atoms with van der Waals surface area (Å²) in [5.41, 5.74) is 1.52. The van der Waals surface area contributed by atoms with Crippen molar-refractivity contribution in [3.63, 3.8) is 0 Å². The van der Waals surface area contributed by atoms with Gasteiger partial charge in [0, 0.05) is 14.6 Å². The molecule has 1 aromatic rings. The van der Waals surface area contributed by atoms with Crippen LogP contribution in [0.3, 0.4) is 0 Å². The van der Waals surface area contributed by atoms with Gasteiger partial charge in [-0.25, -0.2) is 0 Å². The Bertz CT molecular complexity index is 317. The second kappa shape index (κ2) is 6.80. The Morgan fingerprint density at radius 2 is 2.00 bits per heavy atom. The molecule has 0 nitrogen and oxygen atoms in total. The highest BCUT2D eigenvalue weighted by Crippen LogP contribution is 2.40. The minimum Gasteiger partial charge on any atom is -0.146 e. The van der Waals surface area contributed by atoms with Crippen molar-refractivity contribution >= 4 is 27.3 Å². The van der Waals surface area contributed by atoms with Crippen LogP contribution in [0.4, 0.5) is 0 Å². The van der Waals surface area contributed by atoms with E-state index in [9.17, 15) is 0 Å². The molecule has 1 aromatic heterocycles. The SMILES string of the molecule is CCCCC(CC)C(Br)c1cc(C)sc1C. The number of hydrogen-bond donors (Lipinski definition) is 0. The highest BCUT2D eigenvalue weighted by atomic mass is 79.9. The van der Waals surface area contributed by atoms with E-state index in [1.54, 1.807) is 0 Å². The summed E-state index contributed by atoms with van der Waals surface area (Å²) in [5, 5.41) is 0. The van der Waals surface area contributed by atoms with E-state index in [4.69, 9.17) is 0 Å². The molecule has 2 atom stereocenters. The molecule has 0 saturated heterocycles. The van der Waals surface area contributed by atoms with E-state index in [1.165, 1.54) is 41.0 Å². The smallest absolute Gasteiger partial charge is 0.0434 e. The Balaban J connectivity index is 2.74. The summed E-state index contributed by atoms with van der Waals surface area (Å²) in [7, 11) is 0. The van der Waals surface area contributed by atoms with Crippen LogP contribution < -0.4 is 0 Å².